The average Bonchev–Trinajstić information content (AvgIpc) is 2.80. The lowest BCUT2D eigenvalue weighted by molar-refractivity contribution is 0.114. The number of hydrogen-bond acceptors (Lipinski definition) is 4. The van der Waals surface area contributed by atoms with E-state index in [2.05, 4.69) is 15.6 Å². The van der Waals surface area contributed by atoms with Crippen LogP contribution in [0.1, 0.15) is 26.7 Å². The average molecular weight is 291 g/mol. The van der Waals surface area contributed by atoms with Gasteiger partial charge in [-0.3, -0.25) is 4.99 Å². The highest BCUT2D eigenvalue weighted by atomic mass is 32.2. The molecule has 1 saturated heterocycles. The monoisotopic (exact) mass is 291 g/mol. The summed E-state index contributed by atoms with van der Waals surface area (Å²) in [5.74, 6) is 0.604. The van der Waals surface area contributed by atoms with E-state index in [0.717, 1.165) is 19.4 Å². The van der Waals surface area contributed by atoms with E-state index >= 15 is 0 Å². The van der Waals surface area contributed by atoms with E-state index < -0.39 is 14.6 Å². The molecule has 0 aromatic rings. The first kappa shape index (κ1) is 16.2. The summed E-state index contributed by atoms with van der Waals surface area (Å²) in [6, 6.07) is 0. The summed E-state index contributed by atoms with van der Waals surface area (Å²) in [4.78, 5) is 4.08. The maximum atomic E-state index is 11.6. The number of rotatable bonds is 5. The Balaban J connectivity index is 2.41. The standard InChI is InChI=1S/C12H25N3O3S/c1-12(2,19(4,16)17)9-15-11(13-3)14-8-10-6-5-7-18-10/h10H,5-9H2,1-4H3,(H2,13,14,15). The Morgan fingerprint density at radius 3 is 2.58 bits per heavy atom. The third-order valence-corrected chi connectivity index (χ3v) is 5.58. The number of ether oxygens (including phenoxy) is 1. The molecule has 0 spiro atoms. The molecule has 112 valence electrons. The highest BCUT2D eigenvalue weighted by molar-refractivity contribution is 7.92. The van der Waals surface area contributed by atoms with E-state index in [1.54, 1.807) is 20.9 Å². The fourth-order valence-corrected chi connectivity index (χ4v) is 2.00. The zero-order valence-electron chi connectivity index (χ0n) is 12.2. The van der Waals surface area contributed by atoms with Crippen LogP contribution >= 0.6 is 0 Å². The minimum atomic E-state index is -3.11. The van der Waals surface area contributed by atoms with Gasteiger partial charge in [-0.2, -0.15) is 0 Å². The van der Waals surface area contributed by atoms with Crippen molar-refractivity contribution >= 4 is 15.8 Å². The Morgan fingerprint density at radius 2 is 2.11 bits per heavy atom. The third-order valence-electron chi connectivity index (χ3n) is 3.43. The molecule has 0 aromatic carbocycles. The minimum absolute atomic E-state index is 0.224. The maximum absolute atomic E-state index is 11.6. The normalized spacial score (nSPS) is 21.5. The molecule has 0 bridgehead atoms. The van der Waals surface area contributed by atoms with Gasteiger partial charge in [0.05, 0.1) is 10.9 Å². The first-order valence-corrected chi connectivity index (χ1v) is 8.41. The highest BCUT2D eigenvalue weighted by Crippen LogP contribution is 2.13. The van der Waals surface area contributed by atoms with Gasteiger partial charge >= 0.3 is 0 Å². The lowest BCUT2D eigenvalue weighted by Crippen LogP contribution is -2.48. The Kier molecular flexibility index (Phi) is 5.61. The number of nitrogens with one attached hydrogen (secondary N) is 2. The van der Waals surface area contributed by atoms with Gasteiger partial charge in [-0.25, -0.2) is 8.42 Å². The maximum Gasteiger partial charge on any atom is 0.191 e. The van der Waals surface area contributed by atoms with Crippen LogP contribution in [-0.2, 0) is 14.6 Å². The van der Waals surface area contributed by atoms with Crippen molar-refractivity contribution in [2.45, 2.75) is 37.5 Å². The lowest BCUT2D eigenvalue weighted by atomic mass is 10.2. The molecule has 1 aliphatic rings. The van der Waals surface area contributed by atoms with Gasteiger partial charge in [-0.05, 0) is 26.7 Å². The van der Waals surface area contributed by atoms with Crippen LogP contribution in [-0.4, -0.2) is 58.2 Å². The van der Waals surface area contributed by atoms with Crippen LogP contribution in [0.15, 0.2) is 4.99 Å². The van der Waals surface area contributed by atoms with Gasteiger partial charge in [0.1, 0.15) is 0 Å². The zero-order valence-corrected chi connectivity index (χ0v) is 13.0. The van der Waals surface area contributed by atoms with Crippen molar-refractivity contribution in [3.05, 3.63) is 0 Å². The quantitative estimate of drug-likeness (QED) is 0.557. The topological polar surface area (TPSA) is 79.8 Å². The van der Waals surface area contributed by atoms with E-state index in [1.165, 1.54) is 6.26 Å². The Bertz CT molecular complexity index is 412. The Labute approximate surface area is 115 Å². The van der Waals surface area contributed by atoms with Crippen molar-refractivity contribution in [2.24, 2.45) is 4.99 Å². The van der Waals surface area contributed by atoms with Crippen molar-refractivity contribution in [2.75, 3.05) is 33.0 Å². The van der Waals surface area contributed by atoms with Crippen molar-refractivity contribution in [1.29, 1.82) is 0 Å². The lowest BCUT2D eigenvalue weighted by Gasteiger charge is -2.24. The molecule has 1 unspecified atom stereocenters. The number of hydrogen-bond donors (Lipinski definition) is 2. The first-order chi connectivity index (χ1) is 8.76. The highest BCUT2D eigenvalue weighted by Gasteiger charge is 2.30. The van der Waals surface area contributed by atoms with Crippen LogP contribution in [0.3, 0.4) is 0 Å². The molecule has 0 saturated carbocycles. The number of aliphatic imine (C=N–C) groups is 1. The summed E-state index contributed by atoms with van der Waals surface area (Å²) in [6.45, 7) is 5.22. The van der Waals surface area contributed by atoms with E-state index in [9.17, 15) is 8.42 Å². The van der Waals surface area contributed by atoms with Gasteiger partial charge in [0.15, 0.2) is 15.8 Å². The number of nitrogens with zero attached hydrogens (tertiary/aromatic N) is 1. The summed E-state index contributed by atoms with van der Waals surface area (Å²) in [5, 5.41) is 6.20. The molecule has 1 rings (SSSR count). The van der Waals surface area contributed by atoms with Gasteiger partial charge in [-0.1, -0.05) is 0 Å². The fourth-order valence-electron chi connectivity index (χ4n) is 1.66. The minimum Gasteiger partial charge on any atom is -0.376 e. The van der Waals surface area contributed by atoms with Crippen LogP contribution in [0.5, 0.6) is 0 Å². The molecule has 1 aliphatic heterocycles. The molecule has 6 nitrogen and oxygen atoms in total. The molecule has 1 heterocycles. The second-order valence-corrected chi connectivity index (χ2v) is 8.12. The van der Waals surface area contributed by atoms with E-state index in [1.807, 2.05) is 0 Å². The van der Waals surface area contributed by atoms with Crippen LogP contribution in [0.4, 0.5) is 0 Å². The molecular weight excluding hydrogens is 266 g/mol. The Hall–Kier alpha value is -0.820. The molecule has 1 fully saturated rings. The third kappa shape index (κ3) is 4.99. The van der Waals surface area contributed by atoms with Gasteiger partial charge in [-0.15, -0.1) is 0 Å². The number of guanidine groups is 1. The van der Waals surface area contributed by atoms with Gasteiger partial charge < -0.3 is 15.4 Å². The summed E-state index contributed by atoms with van der Waals surface area (Å²) >= 11 is 0. The number of sulfone groups is 1. The Morgan fingerprint density at radius 1 is 1.42 bits per heavy atom. The molecule has 7 heteroatoms. The van der Waals surface area contributed by atoms with E-state index in [-0.39, 0.29) is 6.10 Å². The summed E-state index contributed by atoms with van der Waals surface area (Å²) in [6.07, 6.45) is 3.62. The van der Waals surface area contributed by atoms with Gasteiger partial charge in [0, 0.05) is 33.0 Å². The molecule has 0 aliphatic carbocycles. The summed E-state index contributed by atoms with van der Waals surface area (Å²) < 4.78 is 27.9. The largest absolute Gasteiger partial charge is 0.376 e. The van der Waals surface area contributed by atoms with Crippen molar-refractivity contribution in [1.82, 2.24) is 10.6 Å². The van der Waals surface area contributed by atoms with E-state index in [4.69, 9.17) is 4.74 Å². The molecule has 19 heavy (non-hydrogen) atoms. The predicted octanol–water partition coefficient (Wildman–Crippen LogP) is 0.154. The van der Waals surface area contributed by atoms with Gasteiger partial charge in [0.25, 0.3) is 0 Å². The summed E-state index contributed by atoms with van der Waals surface area (Å²) in [5.41, 5.74) is 0. The van der Waals surface area contributed by atoms with Crippen LogP contribution in [0.2, 0.25) is 0 Å². The molecule has 2 N–H and O–H groups in total. The van der Waals surface area contributed by atoms with Gasteiger partial charge in [0.2, 0.25) is 0 Å². The van der Waals surface area contributed by atoms with Crippen LogP contribution in [0, 0.1) is 0 Å². The predicted molar refractivity (Wildman–Crippen MR) is 77.3 cm³/mol. The van der Waals surface area contributed by atoms with Crippen molar-refractivity contribution in [3.8, 4) is 0 Å². The zero-order chi connectivity index (χ0) is 14.5. The smallest absolute Gasteiger partial charge is 0.191 e. The molecule has 1 atom stereocenters. The summed E-state index contributed by atoms with van der Waals surface area (Å²) in [7, 11) is -1.44. The molecule has 0 amide bonds. The van der Waals surface area contributed by atoms with Crippen LogP contribution < -0.4 is 10.6 Å². The van der Waals surface area contributed by atoms with E-state index in [0.29, 0.717) is 19.0 Å². The van der Waals surface area contributed by atoms with Crippen molar-refractivity contribution in [3.63, 3.8) is 0 Å². The second kappa shape index (κ2) is 6.56. The molecule has 0 aromatic heterocycles. The SMILES string of the molecule is CN=C(NCC1CCCO1)NCC(C)(C)S(C)(=O)=O. The van der Waals surface area contributed by atoms with Crippen molar-refractivity contribution < 1.29 is 13.2 Å². The first-order valence-electron chi connectivity index (χ1n) is 6.52. The van der Waals surface area contributed by atoms with Crippen LogP contribution in [0.25, 0.3) is 0 Å². The fraction of sp³-hybridized carbons (Fsp3) is 0.917. The molecule has 0 radical (unpaired) electrons. The second-order valence-electron chi connectivity index (χ2n) is 5.47. The molecular formula is C12H25N3O3S.